The molecular weight excluding hydrogens is 295 g/mol. The molecule has 1 aromatic carbocycles. The van der Waals surface area contributed by atoms with Gasteiger partial charge in [0, 0.05) is 12.6 Å². The van der Waals surface area contributed by atoms with Crippen molar-refractivity contribution in [3.8, 4) is 0 Å². The largest absolute Gasteiger partial charge is 0.393 e. The van der Waals surface area contributed by atoms with Crippen molar-refractivity contribution in [3.05, 3.63) is 24.0 Å². The van der Waals surface area contributed by atoms with Crippen molar-refractivity contribution < 1.29 is 14.6 Å². The highest BCUT2D eigenvalue weighted by Gasteiger charge is 2.20. The van der Waals surface area contributed by atoms with E-state index in [0.717, 1.165) is 25.7 Å². The second-order valence-corrected chi connectivity index (χ2v) is 5.81. The van der Waals surface area contributed by atoms with Gasteiger partial charge in [-0.2, -0.15) is 0 Å². The van der Waals surface area contributed by atoms with Gasteiger partial charge in [0.15, 0.2) is 0 Å². The highest BCUT2D eigenvalue weighted by atomic mass is 35.5. The van der Waals surface area contributed by atoms with Gasteiger partial charge in [0.1, 0.15) is 5.82 Å². The van der Waals surface area contributed by atoms with E-state index >= 15 is 0 Å². The van der Waals surface area contributed by atoms with Gasteiger partial charge in [0.05, 0.1) is 29.5 Å². The van der Waals surface area contributed by atoms with E-state index in [1.807, 2.05) is 6.07 Å². The molecule has 2 rings (SSSR count). The van der Waals surface area contributed by atoms with Gasteiger partial charge in [-0.15, -0.1) is 11.6 Å². The number of anilines is 2. The lowest BCUT2D eigenvalue weighted by molar-refractivity contribution is 0.126. The second-order valence-electron chi connectivity index (χ2n) is 5.50. The first kappa shape index (κ1) is 16.3. The Morgan fingerprint density at radius 3 is 2.67 bits per heavy atom. The van der Waals surface area contributed by atoms with Crippen LogP contribution in [0.15, 0.2) is 18.2 Å². The second kappa shape index (κ2) is 7.82. The summed E-state index contributed by atoms with van der Waals surface area (Å²) in [6.07, 6.45) is 2.32. The molecule has 1 fully saturated rings. The minimum Gasteiger partial charge on any atom is -0.393 e. The van der Waals surface area contributed by atoms with Crippen LogP contribution < -0.4 is 10.6 Å². The van der Waals surface area contributed by atoms with Gasteiger partial charge in [-0.25, -0.2) is 4.39 Å². The summed E-state index contributed by atoms with van der Waals surface area (Å²) in [5.74, 6) is -0.261. The maximum Gasteiger partial charge on any atom is 0.148 e. The average Bonchev–Trinajstić information content (AvgIpc) is 2.48. The molecule has 0 radical (unpaired) electrons. The van der Waals surface area contributed by atoms with Crippen LogP contribution in [0.1, 0.15) is 25.7 Å². The zero-order valence-corrected chi connectivity index (χ0v) is 12.6. The fraction of sp³-hybridized carbons (Fsp3) is 0.600. The van der Waals surface area contributed by atoms with E-state index in [1.165, 1.54) is 6.07 Å². The van der Waals surface area contributed by atoms with E-state index < -0.39 is 6.10 Å². The van der Waals surface area contributed by atoms with Crippen LogP contribution in [0.4, 0.5) is 15.8 Å². The molecular formula is C15H22ClFN2O2. The molecule has 0 aromatic heterocycles. The minimum absolute atomic E-state index is 0.102. The van der Waals surface area contributed by atoms with Crippen LogP contribution in [-0.4, -0.2) is 40.9 Å². The number of hydrogen-bond acceptors (Lipinski definition) is 4. The average molecular weight is 317 g/mol. The molecule has 1 atom stereocenters. The predicted octanol–water partition coefficient (Wildman–Crippen LogP) is 2.55. The van der Waals surface area contributed by atoms with E-state index in [-0.39, 0.29) is 30.4 Å². The summed E-state index contributed by atoms with van der Waals surface area (Å²) in [5, 5.41) is 25.2. The molecule has 0 amide bonds. The van der Waals surface area contributed by atoms with Crippen LogP contribution in [0, 0.1) is 5.82 Å². The third-order valence-electron chi connectivity index (χ3n) is 3.76. The van der Waals surface area contributed by atoms with Gasteiger partial charge in [-0.3, -0.25) is 0 Å². The summed E-state index contributed by atoms with van der Waals surface area (Å²) in [6.45, 7) is 0.197. The summed E-state index contributed by atoms with van der Waals surface area (Å²) in [5.41, 5.74) is 1.03. The smallest absolute Gasteiger partial charge is 0.148 e. The molecule has 4 nitrogen and oxygen atoms in total. The van der Waals surface area contributed by atoms with Crippen LogP contribution in [0.2, 0.25) is 0 Å². The highest BCUT2D eigenvalue weighted by Crippen LogP contribution is 2.29. The summed E-state index contributed by atoms with van der Waals surface area (Å²) >= 11 is 5.54. The van der Waals surface area contributed by atoms with Gasteiger partial charge in [0.25, 0.3) is 0 Å². The number of halogens is 2. The molecule has 1 saturated carbocycles. The molecule has 118 valence electrons. The van der Waals surface area contributed by atoms with E-state index in [9.17, 15) is 14.6 Å². The molecule has 1 aliphatic carbocycles. The van der Waals surface area contributed by atoms with Gasteiger partial charge in [-0.05, 0) is 37.8 Å². The standard InChI is InChI=1S/C15H22ClFN2O2/c16-8-12(21)9-18-15-13(17)2-1-3-14(15)19-10-4-6-11(20)7-5-10/h1-3,10-12,18-21H,4-9H2. The van der Waals surface area contributed by atoms with Crippen molar-refractivity contribution in [2.24, 2.45) is 0 Å². The zero-order chi connectivity index (χ0) is 15.2. The first-order chi connectivity index (χ1) is 10.1. The van der Waals surface area contributed by atoms with E-state index in [2.05, 4.69) is 10.6 Å². The third-order valence-corrected chi connectivity index (χ3v) is 4.12. The highest BCUT2D eigenvalue weighted by molar-refractivity contribution is 6.18. The quantitative estimate of drug-likeness (QED) is 0.609. The summed E-state index contributed by atoms with van der Waals surface area (Å²) in [4.78, 5) is 0. The van der Waals surface area contributed by atoms with Crippen molar-refractivity contribution >= 4 is 23.0 Å². The number of nitrogens with one attached hydrogen (secondary N) is 2. The van der Waals surface area contributed by atoms with Gasteiger partial charge >= 0.3 is 0 Å². The first-order valence-electron chi connectivity index (χ1n) is 7.31. The molecule has 4 N–H and O–H groups in total. The molecule has 0 bridgehead atoms. The molecule has 1 aromatic rings. The molecule has 1 aliphatic rings. The normalized spacial score (nSPS) is 23.6. The number of aliphatic hydroxyl groups excluding tert-OH is 2. The van der Waals surface area contributed by atoms with Crippen molar-refractivity contribution in [2.75, 3.05) is 23.1 Å². The van der Waals surface area contributed by atoms with Gasteiger partial charge in [0.2, 0.25) is 0 Å². The fourth-order valence-corrected chi connectivity index (χ4v) is 2.65. The Kier molecular flexibility index (Phi) is 6.08. The summed E-state index contributed by atoms with van der Waals surface area (Å²) in [6, 6.07) is 5.07. The number of benzene rings is 1. The van der Waals surface area contributed by atoms with E-state index in [1.54, 1.807) is 6.07 Å². The molecule has 1 unspecified atom stereocenters. The Labute approximate surface area is 129 Å². The number of para-hydroxylation sites is 1. The van der Waals surface area contributed by atoms with Gasteiger partial charge in [-0.1, -0.05) is 6.07 Å². The number of aliphatic hydroxyl groups is 2. The molecule has 0 saturated heterocycles. The van der Waals surface area contributed by atoms with Crippen LogP contribution >= 0.6 is 11.6 Å². The Morgan fingerprint density at radius 2 is 2.00 bits per heavy atom. The van der Waals surface area contributed by atoms with Crippen LogP contribution in [0.25, 0.3) is 0 Å². The topological polar surface area (TPSA) is 64.5 Å². The lowest BCUT2D eigenvalue weighted by atomic mass is 9.93. The zero-order valence-electron chi connectivity index (χ0n) is 11.9. The van der Waals surface area contributed by atoms with Crippen molar-refractivity contribution in [1.29, 1.82) is 0 Å². The van der Waals surface area contributed by atoms with E-state index in [4.69, 9.17) is 11.6 Å². The fourth-order valence-electron chi connectivity index (χ4n) is 2.54. The molecule has 21 heavy (non-hydrogen) atoms. The SMILES string of the molecule is OC1CCC(Nc2cccc(F)c2NCC(O)CCl)CC1. The summed E-state index contributed by atoms with van der Waals surface area (Å²) < 4.78 is 14.0. The van der Waals surface area contributed by atoms with E-state index in [0.29, 0.717) is 11.4 Å². The maximum absolute atomic E-state index is 14.0. The van der Waals surface area contributed by atoms with Crippen LogP contribution in [0.3, 0.4) is 0 Å². The third kappa shape index (κ3) is 4.73. The molecule has 6 heteroatoms. The Bertz CT molecular complexity index is 453. The molecule has 0 heterocycles. The van der Waals surface area contributed by atoms with Crippen molar-refractivity contribution in [1.82, 2.24) is 0 Å². The van der Waals surface area contributed by atoms with Crippen molar-refractivity contribution in [3.63, 3.8) is 0 Å². The predicted molar refractivity (Wildman–Crippen MR) is 83.5 cm³/mol. The number of alkyl halides is 1. The Morgan fingerprint density at radius 1 is 1.29 bits per heavy atom. The van der Waals surface area contributed by atoms with Crippen LogP contribution in [-0.2, 0) is 0 Å². The maximum atomic E-state index is 14.0. The molecule has 0 spiro atoms. The van der Waals surface area contributed by atoms with Gasteiger partial charge < -0.3 is 20.8 Å². The monoisotopic (exact) mass is 316 g/mol. The Hall–Kier alpha value is -1.04. The number of hydrogen-bond donors (Lipinski definition) is 4. The lowest BCUT2D eigenvalue weighted by Gasteiger charge is -2.28. The van der Waals surface area contributed by atoms with Crippen LogP contribution in [0.5, 0.6) is 0 Å². The molecule has 0 aliphatic heterocycles. The minimum atomic E-state index is -0.719. The van der Waals surface area contributed by atoms with Crippen molar-refractivity contribution in [2.45, 2.75) is 43.9 Å². The Balaban J connectivity index is 2.02. The lowest BCUT2D eigenvalue weighted by Crippen LogP contribution is -2.29. The number of rotatable bonds is 6. The summed E-state index contributed by atoms with van der Waals surface area (Å²) in [7, 11) is 0. The first-order valence-corrected chi connectivity index (χ1v) is 7.84.